The lowest BCUT2D eigenvalue weighted by Gasteiger charge is -2.19. The summed E-state index contributed by atoms with van der Waals surface area (Å²) in [5, 5.41) is 14.2. The van der Waals surface area contributed by atoms with E-state index in [-0.39, 0.29) is 18.1 Å². The van der Waals surface area contributed by atoms with Crippen LogP contribution in [-0.4, -0.2) is 28.4 Å². The molecule has 5 heteroatoms. The molecule has 130 valence electrons. The number of aliphatic imine (C=N–C) groups is 1. The lowest BCUT2D eigenvalue weighted by Crippen LogP contribution is -2.30. The molecule has 4 nitrogen and oxygen atoms in total. The van der Waals surface area contributed by atoms with E-state index in [1.807, 2.05) is 48.7 Å². The summed E-state index contributed by atoms with van der Waals surface area (Å²) in [6.07, 6.45) is 5.81. The zero-order valence-corrected chi connectivity index (χ0v) is 14.9. The van der Waals surface area contributed by atoms with Crippen molar-refractivity contribution < 1.29 is 5.11 Å². The molecule has 2 aromatic carbocycles. The van der Waals surface area contributed by atoms with Crippen molar-refractivity contribution in [2.24, 2.45) is 4.99 Å². The van der Waals surface area contributed by atoms with Crippen molar-refractivity contribution in [3.05, 3.63) is 82.9 Å². The first kappa shape index (κ1) is 17.0. The number of rotatable bonds is 5. The first-order chi connectivity index (χ1) is 12.8. The number of pyridine rings is 1. The highest BCUT2D eigenvalue weighted by molar-refractivity contribution is 8.04. The Morgan fingerprint density at radius 2 is 2.00 bits per heavy atom. The SMILES string of the molecule is OC[C@H](NC1N=C/C(=C/c2ccc3ncccc3c2)S1)c1ccccc1. The number of thioether (sulfide) groups is 1. The van der Waals surface area contributed by atoms with Crippen molar-refractivity contribution in [1.82, 2.24) is 10.3 Å². The standard InChI is InChI=1S/C21H19N3OS/c25-14-20(16-5-2-1-3-6-16)24-21-23-13-18(26-21)12-15-8-9-19-17(11-15)7-4-10-22-19/h1-13,20-21,24-25H,14H2/b18-12-/t20-,21?/m0/s1. The molecule has 0 saturated carbocycles. The summed E-state index contributed by atoms with van der Waals surface area (Å²) in [6.45, 7) is 0.0350. The number of aliphatic hydroxyl groups excluding tert-OH is 1. The van der Waals surface area contributed by atoms with E-state index in [2.05, 4.69) is 39.6 Å². The highest BCUT2D eigenvalue weighted by atomic mass is 32.2. The third-order valence-electron chi connectivity index (χ3n) is 4.25. The topological polar surface area (TPSA) is 57.5 Å². The van der Waals surface area contributed by atoms with Crippen LogP contribution in [0.25, 0.3) is 17.0 Å². The van der Waals surface area contributed by atoms with Gasteiger partial charge in [0, 0.05) is 22.7 Å². The maximum Gasteiger partial charge on any atom is 0.151 e. The summed E-state index contributed by atoms with van der Waals surface area (Å²) in [7, 11) is 0. The predicted molar refractivity (Wildman–Crippen MR) is 109 cm³/mol. The second kappa shape index (κ2) is 7.83. The van der Waals surface area contributed by atoms with Crippen molar-refractivity contribution in [1.29, 1.82) is 0 Å². The van der Waals surface area contributed by atoms with Gasteiger partial charge in [0.1, 0.15) is 0 Å². The van der Waals surface area contributed by atoms with Crippen LogP contribution in [0.3, 0.4) is 0 Å². The Labute approximate surface area is 156 Å². The zero-order valence-electron chi connectivity index (χ0n) is 14.1. The van der Waals surface area contributed by atoms with Gasteiger partial charge in [-0.25, -0.2) is 0 Å². The fourth-order valence-corrected chi connectivity index (χ4v) is 3.88. The van der Waals surface area contributed by atoms with Gasteiger partial charge in [-0.05, 0) is 35.4 Å². The van der Waals surface area contributed by atoms with Gasteiger partial charge < -0.3 is 5.11 Å². The summed E-state index contributed by atoms with van der Waals surface area (Å²) in [5.74, 6) is 0. The number of hydrogen-bond donors (Lipinski definition) is 2. The summed E-state index contributed by atoms with van der Waals surface area (Å²) in [6, 6.07) is 20.1. The van der Waals surface area contributed by atoms with E-state index in [0.717, 1.165) is 26.9 Å². The molecule has 2 heterocycles. The molecule has 0 saturated heterocycles. The minimum atomic E-state index is -0.128. The molecule has 2 N–H and O–H groups in total. The zero-order chi connectivity index (χ0) is 17.8. The molecule has 1 aliphatic heterocycles. The Balaban J connectivity index is 1.46. The molecule has 1 aromatic heterocycles. The normalized spacial score (nSPS) is 19.3. The molecule has 0 radical (unpaired) electrons. The van der Waals surface area contributed by atoms with Gasteiger partial charge in [-0.15, -0.1) is 0 Å². The van der Waals surface area contributed by atoms with Gasteiger partial charge in [0.25, 0.3) is 0 Å². The van der Waals surface area contributed by atoms with Crippen molar-refractivity contribution in [3.63, 3.8) is 0 Å². The molecule has 3 aromatic rings. The highest BCUT2D eigenvalue weighted by Crippen LogP contribution is 2.30. The summed E-state index contributed by atoms with van der Waals surface area (Å²) in [5.41, 5.74) is 3.09. The van der Waals surface area contributed by atoms with Gasteiger partial charge in [0.05, 0.1) is 18.2 Å². The number of allylic oxidation sites excluding steroid dienone is 1. The van der Waals surface area contributed by atoms with Crippen molar-refractivity contribution in [3.8, 4) is 0 Å². The van der Waals surface area contributed by atoms with E-state index >= 15 is 0 Å². The molecule has 1 aliphatic rings. The summed E-state index contributed by atoms with van der Waals surface area (Å²) < 4.78 is 0. The fourth-order valence-electron chi connectivity index (χ4n) is 2.94. The number of hydrogen-bond acceptors (Lipinski definition) is 5. The third-order valence-corrected chi connectivity index (χ3v) is 5.23. The average Bonchev–Trinajstić information content (AvgIpc) is 3.13. The van der Waals surface area contributed by atoms with Gasteiger partial charge in [0.2, 0.25) is 0 Å². The number of nitrogens with zero attached hydrogens (tertiary/aromatic N) is 2. The van der Waals surface area contributed by atoms with E-state index in [1.165, 1.54) is 0 Å². The number of fused-ring (bicyclic) bond motifs is 1. The Hall–Kier alpha value is -2.47. The minimum Gasteiger partial charge on any atom is -0.394 e. The third kappa shape index (κ3) is 3.85. The molecule has 0 aliphatic carbocycles. The van der Waals surface area contributed by atoms with Crippen LogP contribution in [0, 0.1) is 0 Å². The van der Waals surface area contributed by atoms with Gasteiger partial charge in [0.15, 0.2) is 5.50 Å². The quantitative estimate of drug-likeness (QED) is 0.721. The van der Waals surface area contributed by atoms with Crippen LogP contribution in [0.5, 0.6) is 0 Å². The monoisotopic (exact) mass is 361 g/mol. The molecule has 26 heavy (non-hydrogen) atoms. The van der Waals surface area contributed by atoms with Crippen molar-refractivity contribution in [2.45, 2.75) is 11.5 Å². The number of nitrogens with one attached hydrogen (secondary N) is 1. The lowest BCUT2D eigenvalue weighted by molar-refractivity contribution is 0.243. The van der Waals surface area contributed by atoms with Gasteiger partial charge >= 0.3 is 0 Å². The maximum atomic E-state index is 9.70. The van der Waals surface area contributed by atoms with Crippen LogP contribution in [0.1, 0.15) is 17.2 Å². The van der Waals surface area contributed by atoms with Crippen LogP contribution in [0.4, 0.5) is 0 Å². The first-order valence-electron chi connectivity index (χ1n) is 8.50. The highest BCUT2D eigenvalue weighted by Gasteiger charge is 2.20. The van der Waals surface area contributed by atoms with E-state index < -0.39 is 0 Å². The first-order valence-corrected chi connectivity index (χ1v) is 9.38. The van der Waals surface area contributed by atoms with Crippen LogP contribution in [0.2, 0.25) is 0 Å². The number of aromatic nitrogens is 1. The lowest BCUT2D eigenvalue weighted by atomic mass is 10.1. The summed E-state index contributed by atoms with van der Waals surface area (Å²) in [4.78, 5) is 9.97. The van der Waals surface area contributed by atoms with Crippen molar-refractivity contribution in [2.75, 3.05) is 6.61 Å². The molecule has 0 fully saturated rings. The average molecular weight is 361 g/mol. The van der Waals surface area contributed by atoms with E-state index in [9.17, 15) is 5.11 Å². The van der Waals surface area contributed by atoms with Crippen LogP contribution < -0.4 is 5.32 Å². The molecule has 0 spiro atoms. The van der Waals surface area contributed by atoms with Crippen LogP contribution >= 0.6 is 11.8 Å². The van der Waals surface area contributed by atoms with Crippen LogP contribution in [-0.2, 0) is 0 Å². The Morgan fingerprint density at radius 1 is 1.12 bits per heavy atom. The molecular formula is C21H19N3OS. The molecular weight excluding hydrogens is 342 g/mol. The molecule has 4 rings (SSSR count). The summed E-state index contributed by atoms with van der Waals surface area (Å²) >= 11 is 1.65. The molecule has 0 bridgehead atoms. The Bertz CT molecular complexity index is 956. The fraction of sp³-hybridized carbons (Fsp3) is 0.143. The van der Waals surface area contributed by atoms with Crippen molar-refractivity contribution >= 4 is 35.0 Å². The molecule has 2 atom stereocenters. The minimum absolute atomic E-state index is 0.0350. The predicted octanol–water partition coefficient (Wildman–Crippen LogP) is 4.00. The number of benzene rings is 2. The van der Waals surface area contributed by atoms with E-state index in [1.54, 1.807) is 18.0 Å². The second-order valence-electron chi connectivity index (χ2n) is 6.06. The van der Waals surface area contributed by atoms with Gasteiger partial charge in [-0.1, -0.05) is 54.2 Å². The maximum absolute atomic E-state index is 9.70. The van der Waals surface area contributed by atoms with E-state index in [0.29, 0.717) is 0 Å². The Morgan fingerprint density at radius 3 is 2.85 bits per heavy atom. The van der Waals surface area contributed by atoms with Gasteiger partial charge in [-0.2, -0.15) is 0 Å². The van der Waals surface area contributed by atoms with Gasteiger partial charge in [-0.3, -0.25) is 15.3 Å². The largest absolute Gasteiger partial charge is 0.394 e. The second-order valence-corrected chi connectivity index (χ2v) is 7.22. The number of aliphatic hydroxyl groups is 1. The Kier molecular flexibility index (Phi) is 5.11. The van der Waals surface area contributed by atoms with Crippen LogP contribution in [0.15, 0.2) is 76.8 Å². The molecule has 0 amide bonds. The molecule has 1 unspecified atom stereocenters. The smallest absolute Gasteiger partial charge is 0.151 e. The van der Waals surface area contributed by atoms with E-state index in [4.69, 9.17) is 0 Å².